The summed E-state index contributed by atoms with van der Waals surface area (Å²) in [6, 6.07) is 2.08. The zero-order valence-electron chi connectivity index (χ0n) is 8.82. The number of aromatic nitrogens is 2. The SMILES string of the molecule is Cc1cncc(NCc2nc(C)cs2)c1. The largest absolute Gasteiger partial charge is 0.377 e. The van der Waals surface area contributed by atoms with Gasteiger partial charge in [-0.1, -0.05) is 0 Å². The average molecular weight is 219 g/mol. The molecule has 0 aliphatic carbocycles. The van der Waals surface area contributed by atoms with Crippen molar-refractivity contribution in [1.29, 1.82) is 0 Å². The van der Waals surface area contributed by atoms with E-state index >= 15 is 0 Å². The van der Waals surface area contributed by atoms with Crippen LogP contribution in [0.1, 0.15) is 16.3 Å². The molecule has 15 heavy (non-hydrogen) atoms. The summed E-state index contributed by atoms with van der Waals surface area (Å²) >= 11 is 1.68. The Labute approximate surface area is 93.2 Å². The van der Waals surface area contributed by atoms with E-state index in [1.807, 2.05) is 26.2 Å². The van der Waals surface area contributed by atoms with Crippen LogP contribution in [0.2, 0.25) is 0 Å². The molecule has 2 heterocycles. The Morgan fingerprint density at radius 1 is 1.33 bits per heavy atom. The first kappa shape index (κ1) is 10.1. The highest BCUT2D eigenvalue weighted by molar-refractivity contribution is 7.09. The van der Waals surface area contributed by atoms with Crippen molar-refractivity contribution in [2.24, 2.45) is 0 Å². The third kappa shape index (κ3) is 2.76. The van der Waals surface area contributed by atoms with Crippen LogP contribution in [0.25, 0.3) is 0 Å². The Morgan fingerprint density at radius 3 is 2.87 bits per heavy atom. The minimum atomic E-state index is 0.768. The van der Waals surface area contributed by atoms with E-state index in [0.717, 1.165) is 28.5 Å². The molecule has 1 N–H and O–H groups in total. The number of anilines is 1. The number of nitrogens with zero attached hydrogens (tertiary/aromatic N) is 2. The molecule has 0 aliphatic rings. The van der Waals surface area contributed by atoms with Gasteiger partial charge < -0.3 is 5.32 Å². The lowest BCUT2D eigenvalue weighted by Gasteiger charge is -2.03. The van der Waals surface area contributed by atoms with Crippen LogP contribution in [0.15, 0.2) is 23.8 Å². The molecule has 4 heteroatoms. The molecule has 0 fully saturated rings. The molecule has 2 rings (SSSR count). The van der Waals surface area contributed by atoms with Crippen LogP contribution in [0.4, 0.5) is 5.69 Å². The summed E-state index contributed by atoms with van der Waals surface area (Å²) in [6.07, 6.45) is 3.67. The highest BCUT2D eigenvalue weighted by Crippen LogP contribution is 2.12. The zero-order chi connectivity index (χ0) is 10.7. The van der Waals surface area contributed by atoms with Gasteiger partial charge in [0.15, 0.2) is 0 Å². The Kier molecular flexibility index (Phi) is 2.97. The van der Waals surface area contributed by atoms with Crippen molar-refractivity contribution in [3.05, 3.63) is 40.1 Å². The van der Waals surface area contributed by atoms with Crippen molar-refractivity contribution in [2.45, 2.75) is 20.4 Å². The number of hydrogen-bond acceptors (Lipinski definition) is 4. The Morgan fingerprint density at radius 2 is 2.20 bits per heavy atom. The molecule has 0 spiro atoms. The van der Waals surface area contributed by atoms with Crippen LogP contribution < -0.4 is 5.32 Å². The predicted molar refractivity (Wildman–Crippen MR) is 63.2 cm³/mol. The summed E-state index contributed by atoms with van der Waals surface area (Å²) in [4.78, 5) is 8.51. The molecule has 0 radical (unpaired) electrons. The van der Waals surface area contributed by atoms with E-state index in [4.69, 9.17) is 0 Å². The standard InChI is InChI=1S/C11H13N3S/c1-8-3-10(5-12-4-8)13-6-11-14-9(2)7-15-11/h3-5,7,13H,6H2,1-2H3. The van der Waals surface area contributed by atoms with Crippen LogP contribution in [-0.2, 0) is 6.54 Å². The lowest BCUT2D eigenvalue weighted by Crippen LogP contribution is -1.99. The van der Waals surface area contributed by atoms with E-state index in [1.54, 1.807) is 11.3 Å². The molecule has 2 aromatic rings. The van der Waals surface area contributed by atoms with Gasteiger partial charge in [-0.2, -0.15) is 0 Å². The fourth-order valence-electron chi connectivity index (χ4n) is 1.31. The first-order valence-electron chi connectivity index (χ1n) is 4.80. The second-order valence-electron chi connectivity index (χ2n) is 3.49. The van der Waals surface area contributed by atoms with Gasteiger partial charge in [-0.3, -0.25) is 4.98 Å². The van der Waals surface area contributed by atoms with Crippen molar-refractivity contribution >= 4 is 17.0 Å². The normalized spacial score (nSPS) is 10.3. The molecule has 0 bridgehead atoms. The van der Waals surface area contributed by atoms with Gasteiger partial charge in [-0.15, -0.1) is 11.3 Å². The lowest BCUT2D eigenvalue weighted by molar-refractivity contribution is 1.07. The summed E-state index contributed by atoms with van der Waals surface area (Å²) < 4.78 is 0. The Balaban J connectivity index is 1.99. The molecule has 0 amide bonds. The minimum Gasteiger partial charge on any atom is -0.377 e. The van der Waals surface area contributed by atoms with Gasteiger partial charge in [0.2, 0.25) is 0 Å². The summed E-state index contributed by atoms with van der Waals surface area (Å²) in [5.74, 6) is 0. The lowest BCUT2D eigenvalue weighted by atomic mass is 10.3. The molecular weight excluding hydrogens is 206 g/mol. The van der Waals surface area contributed by atoms with E-state index in [9.17, 15) is 0 Å². The molecule has 78 valence electrons. The topological polar surface area (TPSA) is 37.8 Å². The van der Waals surface area contributed by atoms with Gasteiger partial charge in [0, 0.05) is 23.5 Å². The molecular formula is C11H13N3S. The molecule has 0 atom stereocenters. The fourth-order valence-corrected chi connectivity index (χ4v) is 2.02. The first-order chi connectivity index (χ1) is 7.24. The molecule has 0 unspecified atom stereocenters. The fraction of sp³-hybridized carbons (Fsp3) is 0.273. The molecule has 0 saturated heterocycles. The van der Waals surface area contributed by atoms with Crippen molar-refractivity contribution in [1.82, 2.24) is 9.97 Å². The second kappa shape index (κ2) is 4.40. The second-order valence-corrected chi connectivity index (χ2v) is 4.43. The molecule has 0 aromatic carbocycles. The van der Waals surface area contributed by atoms with Crippen LogP contribution in [0.5, 0.6) is 0 Å². The van der Waals surface area contributed by atoms with Gasteiger partial charge in [-0.25, -0.2) is 4.98 Å². The monoisotopic (exact) mass is 219 g/mol. The summed E-state index contributed by atoms with van der Waals surface area (Å²) in [5, 5.41) is 6.47. The third-order valence-electron chi connectivity index (χ3n) is 1.99. The highest BCUT2D eigenvalue weighted by Gasteiger charge is 1.98. The van der Waals surface area contributed by atoms with Crippen molar-refractivity contribution in [2.75, 3.05) is 5.32 Å². The average Bonchev–Trinajstić information content (AvgIpc) is 2.62. The number of thiazole rings is 1. The maximum atomic E-state index is 4.38. The van der Waals surface area contributed by atoms with Gasteiger partial charge in [0.1, 0.15) is 5.01 Å². The van der Waals surface area contributed by atoms with Crippen LogP contribution in [0.3, 0.4) is 0 Å². The number of nitrogens with one attached hydrogen (secondary N) is 1. The van der Waals surface area contributed by atoms with Gasteiger partial charge in [0.25, 0.3) is 0 Å². The zero-order valence-corrected chi connectivity index (χ0v) is 9.64. The van der Waals surface area contributed by atoms with Crippen LogP contribution >= 0.6 is 11.3 Å². The van der Waals surface area contributed by atoms with Crippen LogP contribution in [0, 0.1) is 13.8 Å². The number of pyridine rings is 1. The quantitative estimate of drug-likeness (QED) is 0.862. The molecule has 2 aromatic heterocycles. The third-order valence-corrected chi connectivity index (χ3v) is 2.95. The Hall–Kier alpha value is -1.42. The molecule has 3 nitrogen and oxygen atoms in total. The number of aryl methyl sites for hydroxylation is 2. The maximum absolute atomic E-state index is 4.38. The van der Waals surface area contributed by atoms with Crippen LogP contribution in [-0.4, -0.2) is 9.97 Å². The summed E-state index contributed by atoms with van der Waals surface area (Å²) in [6.45, 7) is 4.81. The van der Waals surface area contributed by atoms with Gasteiger partial charge >= 0.3 is 0 Å². The molecule has 0 saturated carbocycles. The van der Waals surface area contributed by atoms with E-state index in [0.29, 0.717) is 0 Å². The van der Waals surface area contributed by atoms with Gasteiger partial charge in [0.05, 0.1) is 12.2 Å². The van der Waals surface area contributed by atoms with E-state index in [2.05, 4.69) is 26.7 Å². The van der Waals surface area contributed by atoms with E-state index < -0.39 is 0 Å². The first-order valence-corrected chi connectivity index (χ1v) is 5.68. The van der Waals surface area contributed by atoms with E-state index in [1.165, 1.54) is 0 Å². The minimum absolute atomic E-state index is 0.768. The summed E-state index contributed by atoms with van der Waals surface area (Å²) in [5.41, 5.74) is 3.29. The highest BCUT2D eigenvalue weighted by atomic mass is 32.1. The van der Waals surface area contributed by atoms with Gasteiger partial charge in [-0.05, 0) is 25.5 Å². The Bertz CT molecular complexity index is 451. The van der Waals surface area contributed by atoms with E-state index in [-0.39, 0.29) is 0 Å². The predicted octanol–water partition coefficient (Wildman–Crippen LogP) is 2.77. The van der Waals surface area contributed by atoms with Crippen molar-refractivity contribution in [3.63, 3.8) is 0 Å². The maximum Gasteiger partial charge on any atom is 0.112 e. The smallest absolute Gasteiger partial charge is 0.112 e. The number of hydrogen-bond donors (Lipinski definition) is 1. The molecule has 0 aliphatic heterocycles. The summed E-state index contributed by atoms with van der Waals surface area (Å²) in [7, 11) is 0. The number of rotatable bonds is 3. The van der Waals surface area contributed by atoms with Crippen molar-refractivity contribution < 1.29 is 0 Å². The van der Waals surface area contributed by atoms with Crippen molar-refractivity contribution in [3.8, 4) is 0 Å².